The lowest BCUT2D eigenvalue weighted by Gasteiger charge is -1.98. The van der Waals surface area contributed by atoms with Gasteiger partial charge in [-0.2, -0.15) is 0 Å². The van der Waals surface area contributed by atoms with Gasteiger partial charge in [0.1, 0.15) is 0 Å². The van der Waals surface area contributed by atoms with Gasteiger partial charge in [-0.05, 0) is 6.42 Å². The van der Waals surface area contributed by atoms with Crippen molar-refractivity contribution in [1.29, 1.82) is 0 Å². The molecule has 0 N–H and O–H groups in total. The van der Waals surface area contributed by atoms with Crippen LogP contribution in [0.5, 0.6) is 0 Å². The molecule has 0 amide bonds. The Balaban J connectivity index is 2.86. The predicted molar refractivity (Wildman–Crippen MR) is 57.1 cm³/mol. The molecule has 0 saturated heterocycles. The van der Waals surface area contributed by atoms with Gasteiger partial charge in [-0.15, -0.1) is 0 Å². The van der Waals surface area contributed by atoms with Gasteiger partial charge >= 0.3 is 5.69 Å². The highest BCUT2D eigenvalue weighted by molar-refractivity contribution is 9.11. The summed E-state index contributed by atoms with van der Waals surface area (Å²) in [7, 11) is 0. The molecule has 0 aromatic carbocycles. The molecule has 0 bridgehead atoms. The SMILES string of the molecule is C=C(Br)Cn1ccn(CCC)c1=O. The molecule has 1 rings (SSSR count). The summed E-state index contributed by atoms with van der Waals surface area (Å²) in [6.07, 6.45) is 4.56. The van der Waals surface area contributed by atoms with E-state index >= 15 is 0 Å². The maximum absolute atomic E-state index is 11.6. The summed E-state index contributed by atoms with van der Waals surface area (Å²) in [5, 5.41) is 0. The highest BCUT2D eigenvalue weighted by Gasteiger charge is 2.01. The van der Waals surface area contributed by atoms with Crippen molar-refractivity contribution < 1.29 is 0 Å². The minimum Gasteiger partial charge on any atom is -0.299 e. The number of aryl methyl sites for hydroxylation is 1. The molecule has 0 spiro atoms. The highest BCUT2D eigenvalue weighted by atomic mass is 79.9. The van der Waals surface area contributed by atoms with E-state index in [-0.39, 0.29) is 5.69 Å². The third kappa shape index (κ3) is 2.59. The Labute approximate surface area is 85.8 Å². The predicted octanol–water partition coefficient (Wildman–Crippen LogP) is 1.97. The molecule has 1 aromatic rings. The van der Waals surface area contributed by atoms with E-state index in [2.05, 4.69) is 22.5 Å². The first kappa shape index (κ1) is 10.3. The van der Waals surface area contributed by atoms with E-state index in [4.69, 9.17) is 0 Å². The molecule has 0 fully saturated rings. The van der Waals surface area contributed by atoms with Gasteiger partial charge in [0.25, 0.3) is 0 Å². The minimum atomic E-state index is 0.0300. The van der Waals surface area contributed by atoms with Crippen molar-refractivity contribution >= 4 is 15.9 Å². The van der Waals surface area contributed by atoms with Crippen LogP contribution in [0.1, 0.15) is 13.3 Å². The molecule has 0 aliphatic carbocycles. The Morgan fingerprint density at radius 2 is 2.15 bits per heavy atom. The van der Waals surface area contributed by atoms with Gasteiger partial charge in [-0.3, -0.25) is 9.13 Å². The zero-order chi connectivity index (χ0) is 9.84. The third-order valence-corrected chi connectivity index (χ3v) is 1.98. The zero-order valence-corrected chi connectivity index (χ0v) is 9.25. The fourth-order valence-electron chi connectivity index (χ4n) is 1.17. The van der Waals surface area contributed by atoms with Crippen molar-refractivity contribution in [2.75, 3.05) is 0 Å². The Morgan fingerprint density at radius 1 is 1.54 bits per heavy atom. The van der Waals surface area contributed by atoms with Gasteiger partial charge in [0.15, 0.2) is 0 Å². The Hall–Kier alpha value is -0.770. The normalized spacial score (nSPS) is 10.3. The van der Waals surface area contributed by atoms with E-state index in [0.29, 0.717) is 6.54 Å². The van der Waals surface area contributed by atoms with Gasteiger partial charge in [0.2, 0.25) is 0 Å². The maximum atomic E-state index is 11.6. The fraction of sp³-hybridized carbons (Fsp3) is 0.444. The second kappa shape index (κ2) is 4.46. The van der Waals surface area contributed by atoms with E-state index in [1.807, 2.05) is 13.1 Å². The fourth-order valence-corrected chi connectivity index (χ4v) is 1.44. The summed E-state index contributed by atoms with van der Waals surface area (Å²) < 4.78 is 4.15. The highest BCUT2D eigenvalue weighted by Crippen LogP contribution is 2.02. The molecule has 3 nitrogen and oxygen atoms in total. The van der Waals surface area contributed by atoms with Gasteiger partial charge in [0, 0.05) is 23.4 Å². The van der Waals surface area contributed by atoms with Crippen LogP contribution in [0, 0.1) is 0 Å². The van der Waals surface area contributed by atoms with Crippen LogP contribution in [-0.2, 0) is 13.1 Å². The average molecular weight is 245 g/mol. The Bertz CT molecular complexity index is 351. The minimum absolute atomic E-state index is 0.0300. The van der Waals surface area contributed by atoms with Gasteiger partial charge < -0.3 is 0 Å². The number of halogens is 1. The van der Waals surface area contributed by atoms with Gasteiger partial charge in [0.05, 0.1) is 6.54 Å². The molecular weight excluding hydrogens is 232 g/mol. The lowest BCUT2D eigenvalue weighted by atomic mass is 10.5. The van der Waals surface area contributed by atoms with Crippen molar-refractivity contribution in [2.45, 2.75) is 26.4 Å². The van der Waals surface area contributed by atoms with Crippen molar-refractivity contribution in [2.24, 2.45) is 0 Å². The molecule has 0 aliphatic heterocycles. The smallest absolute Gasteiger partial charge is 0.299 e. The van der Waals surface area contributed by atoms with Gasteiger partial charge in [-0.25, -0.2) is 4.79 Å². The number of rotatable bonds is 4. The lowest BCUT2D eigenvalue weighted by molar-refractivity contribution is 0.626. The summed E-state index contributed by atoms with van der Waals surface area (Å²) in [6, 6.07) is 0. The van der Waals surface area contributed by atoms with Crippen LogP contribution < -0.4 is 5.69 Å². The van der Waals surface area contributed by atoms with E-state index < -0.39 is 0 Å². The number of imidazole rings is 1. The number of hydrogen-bond donors (Lipinski definition) is 0. The number of aromatic nitrogens is 2. The summed E-state index contributed by atoms with van der Waals surface area (Å²) in [4.78, 5) is 11.6. The summed E-state index contributed by atoms with van der Waals surface area (Å²) >= 11 is 3.23. The average Bonchev–Trinajstić information content (AvgIpc) is 2.36. The molecule has 4 heteroatoms. The lowest BCUT2D eigenvalue weighted by Crippen LogP contribution is -2.23. The topological polar surface area (TPSA) is 26.9 Å². The second-order valence-corrected chi connectivity index (χ2v) is 4.04. The van der Waals surface area contributed by atoms with Crippen LogP contribution in [0.25, 0.3) is 0 Å². The largest absolute Gasteiger partial charge is 0.328 e. The molecule has 0 unspecified atom stereocenters. The summed E-state index contributed by atoms with van der Waals surface area (Å²) in [5.41, 5.74) is 0.0300. The number of nitrogens with zero attached hydrogens (tertiary/aromatic N) is 2. The molecule has 1 heterocycles. The van der Waals surface area contributed by atoms with E-state index in [9.17, 15) is 4.79 Å². The first-order valence-corrected chi connectivity index (χ1v) is 5.03. The zero-order valence-electron chi connectivity index (χ0n) is 7.66. The maximum Gasteiger partial charge on any atom is 0.328 e. The summed E-state index contributed by atoms with van der Waals surface area (Å²) in [6.45, 7) is 7.06. The first-order valence-electron chi connectivity index (χ1n) is 4.24. The van der Waals surface area contributed by atoms with E-state index in [1.165, 1.54) is 0 Å². The molecule has 1 aromatic heterocycles. The molecule has 0 aliphatic rings. The standard InChI is InChI=1S/C9H13BrN2O/c1-3-4-11-5-6-12(9(11)13)7-8(2)10/h5-6H,2-4,7H2,1H3. The first-order chi connectivity index (χ1) is 6.15. The van der Waals surface area contributed by atoms with Crippen LogP contribution in [0.3, 0.4) is 0 Å². The van der Waals surface area contributed by atoms with Crippen molar-refractivity contribution in [3.8, 4) is 0 Å². The van der Waals surface area contributed by atoms with Crippen molar-refractivity contribution in [3.63, 3.8) is 0 Å². The van der Waals surface area contributed by atoms with Crippen LogP contribution in [0.15, 0.2) is 28.2 Å². The van der Waals surface area contributed by atoms with Crippen LogP contribution >= 0.6 is 15.9 Å². The molecular formula is C9H13BrN2O. The molecule has 0 saturated carbocycles. The van der Waals surface area contributed by atoms with Crippen LogP contribution in [-0.4, -0.2) is 9.13 Å². The quantitative estimate of drug-likeness (QED) is 0.796. The monoisotopic (exact) mass is 244 g/mol. The Kier molecular flexibility index (Phi) is 3.54. The molecule has 0 radical (unpaired) electrons. The van der Waals surface area contributed by atoms with Crippen LogP contribution in [0.4, 0.5) is 0 Å². The van der Waals surface area contributed by atoms with Crippen molar-refractivity contribution in [1.82, 2.24) is 9.13 Å². The van der Waals surface area contributed by atoms with Crippen molar-refractivity contribution in [3.05, 3.63) is 33.9 Å². The summed E-state index contributed by atoms with van der Waals surface area (Å²) in [5.74, 6) is 0. The molecule has 13 heavy (non-hydrogen) atoms. The van der Waals surface area contributed by atoms with Gasteiger partial charge in [-0.1, -0.05) is 29.4 Å². The molecule has 0 atom stereocenters. The van der Waals surface area contributed by atoms with E-state index in [1.54, 1.807) is 15.3 Å². The number of allylic oxidation sites excluding steroid dienone is 1. The Morgan fingerprint density at radius 3 is 2.69 bits per heavy atom. The van der Waals surface area contributed by atoms with E-state index in [0.717, 1.165) is 17.4 Å². The third-order valence-electron chi connectivity index (χ3n) is 1.72. The second-order valence-electron chi connectivity index (χ2n) is 2.92. The number of hydrogen-bond acceptors (Lipinski definition) is 1. The van der Waals surface area contributed by atoms with Crippen LogP contribution in [0.2, 0.25) is 0 Å². The molecule has 72 valence electrons.